The minimum Gasteiger partial charge on any atom is -0.354 e. The Bertz CT molecular complexity index is 253. The lowest BCUT2D eigenvalue weighted by atomic mass is 9.82. The maximum atomic E-state index is 11.7. The molecule has 14 heavy (non-hydrogen) atoms. The molecule has 80 valence electrons. The van der Waals surface area contributed by atoms with E-state index in [1.165, 1.54) is 6.92 Å². The summed E-state index contributed by atoms with van der Waals surface area (Å²) in [7, 11) is 0. The molecule has 2 N–H and O–H groups in total. The normalized spacial score (nSPS) is 28.4. The topological polar surface area (TPSA) is 58.2 Å². The third kappa shape index (κ3) is 1.74. The van der Waals surface area contributed by atoms with Crippen molar-refractivity contribution in [3.8, 4) is 0 Å². The van der Waals surface area contributed by atoms with Crippen molar-refractivity contribution < 1.29 is 9.59 Å². The molecule has 1 aliphatic rings. The summed E-state index contributed by atoms with van der Waals surface area (Å²) in [6.45, 7) is 6.14. The highest BCUT2D eigenvalue weighted by Crippen LogP contribution is 2.27. The van der Waals surface area contributed by atoms with Crippen LogP contribution in [0.25, 0.3) is 0 Å². The predicted molar refractivity (Wildman–Crippen MR) is 53.6 cm³/mol. The van der Waals surface area contributed by atoms with Gasteiger partial charge in [-0.05, 0) is 12.3 Å². The van der Waals surface area contributed by atoms with E-state index in [0.717, 1.165) is 6.42 Å². The molecule has 1 saturated heterocycles. The van der Waals surface area contributed by atoms with Crippen molar-refractivity contribution in [2.75, 3.05) is 6.54 Å². The molecule has 2 amide bonds. The van der Waals surface area contributed by atoms with E-state index < -0.39 is 5.54 Å². The standard InChI is InChI=1S/C10H18N2O2/c1-4-7(2)10(12-8(3)13)5-6-11-9(10)14/h7H,4-6H2,1-3H3,(H,11,14)(H,12,13). The van der Waals surface area contributed by atoms with Gasteiger partial charge in [-0.1, -0.05) is 20.3 Å². The van der Waals surface area contributed by atoms with E-state index in [1.54, 1.807) is 0 Å². The average molecular weight is 198 g/mol. The summed E-state index contributed by atoms with van der Waals surface area (Å²) >= 11 is 0. The van der Waals surface area contributed by atoms with Crippen LogP contribution in [0.2, 0.25) is 0 Å². The van der Waals surface area contributed by atoms with Crippen molar-refractivity contribution >= 4 is 11.8 Å². The molecule has 1 fully saturated rings. The lowest BCUT2D eigenvalue weighted by Crippen LogP contribution is -2.57. The molecule has 1 rings (SSSR count). The van der Waals surface area contributed by atoms with Crippen LogP contribution in [-0.2, 0) is 9.59 Å². The number of hydrogen-bond acceptors (Lipinski definition) is 2. The van der Waals surface area contributed by atoms with Gasteiger partial charge in [0.15, 0.2) is 0 Å². The number of amides is 2. The van der Waals surface area contributed by atoms with E-state index in [0.29, 0.717) is 13.0 Å². The summed E-state index contributed by atoms with van der Waals surface area (Å²) in [5.41, 5.74) is -0.666. The molecule has 0 aromatic rings. The predicted octanol–water partition coefficient (Wildman–Crippen LogP) is 0.427. The van der Waals surface area contributed by atoms with Crippen LogP contribution >= 0.6 is 0 Å². The molecule has 1 heterocycles. The molecule has 2 unspecified atom stereocenters. The van der Waals surface area contributed by atoms with Crippen molar-refractivity contribution in [2.45, 2.75) is 39.2 Å². The van der Waals surface area contributed by atoms with Gasteiger partial charge in [-0.2, -0.15) is 0 Å². The molecular formula is C10H18N2O2. The van der Waals surface area contributed by atoms with Crippen molar-refractivity contribution in [1.29, 1.82) is 0 Å². The molecule has 2 atom stereocenters. The van der Waals surface area contributed by atoms with Crippen molar-refractivity contribution in [3.05, 3.63) is 0 Å². The highest BCUT2D eigenvalue weighted by atomic mass is 16.2. The Labute approximate surface area is 84.4 Å². The first-order valence-electron chi connectivity index (χ1n) is 5.10. The maximum Gasteiger partial charge on any atom is 0.246 e. The van der Waals surface area contributed by atoms with E-state index in [1.807, 2.05) is 13.8 Å². The highest BCUT2D eigenvalue weighted by Gasteiger charge is 2.46. The Morgan fingerprint density at radius 3 is 2.71 bits per heavy atom. The Morgan fingerprint density at radius 1 is 1.71 bits per heavy atom. The summed E-state index contributed by atoms with van der Waals surface area (Å²) in [4.78, 5) is 22.8. The number of hydrogen-bond donors (Lipinski definition) is 2. The molecule has 0 spiro atoms. The smallest absolute Gasteiger partial charge is 0.246 e. The molecule has 0 radical (unpaired) electrons. The Hall–Kier alpha value is -1.06. The summed E-state index contributed by atoms with van der Waals surface area (Å²) in [5.74, 6) is -0.00157. The fraction of sp³-hybridized carbons (Fsp3) is 0.800. The Kier molecular flexibility index (Phi) is 3.13. The summed E-state index contributed by atoms with van der Waals surface area (Å²) < 4.78 is 0. The zero-order chi connectivity index (χ0) is 10.8. The first-order valence-corrected chi connectivity index (χ1v) is 5.10. The third-order valence-corrected chi connectivity index (χ3v) is 3.06. The van der Waals surface area contributed by atoms with Gasteiger partial charge in [0.2, 0.25) is 11.8 Å². The quantitative estimate of drug-likeness (QED) is 0.690. The van der Waals surface area contributed by atoms with Crippen LogP contribution in [0, 0.1) is 5.92 Å². The lowest BCUT2D eigenvalue weighted by molar-refractivity contribution is -0.132. The second-order valence-electron chi connectivity index (χ2n) is 3.97. The Morgan fingerprint density at radius 2 is 2.36 bits per heavy atom. The summed E-state index contributed by atoms with van der Waals surface area (Å²) in [5, 5.41) is 5.58. The lowest BCUT2D eigenvalue weighted by Gasteiger charge is -2.32. The van der Waals surface area contributed by atoms with Gasteiger partial charge >= 0.3 is 0 Å². The molecule has 0 aromatic heterocycles. The van der Waals surface area contributed by atoms with E-state index in [9.17, 15) is 9.59 Å². The summed E-state index contributed by atoms with van der Waals surface area (Å²) in [6.07, 6.45) is 1.58. The average Bonchev–Trinajstić information content (AvgIpc) is 2.47. The van der Waals surface area contributed by atoms with Crippen molar-refractivity contribution in [1.82, 2.24) is 10.6 Å². The van der Waals surface area contributed by atoms with Gasteiger partial charge in [0.25, 0.3) is 0 Å². The number of nitrogens with one attached hydrogen (secondary N) is 2. The van der Waals surface area contributed by atoms with E-state index in [-0.39, 0.29) is 17.7 Å². The fourth-order valence-corrected chi connectivity index (χ4v) is 2.02. The van der Waals surface area contributed by atoms with Gasteiger partial charge in [0.05, 0.1) is 0 Å². The van der Waals surface area contributed by atoms with E-state index in [2.05, 4.69) is 10.6 Å². The van der Waals surface area contributed by atoms with Gasteiger partial charge < -0.3 is 10.6 Å². The van der Waals surface area contributed by atoms with Crippen molar-refractivity contribution in [3.63, 3.8) is 0 Å². The second kappa shape index (κ2) is 3.98. The van der Waals surface area contributed by atoms with Gasteiger partial charge in [-0.3, -0.25) is 9.59 Å². The zero-order valence-electron chi connectivity index (χ0n) is 9.02. The molecule has 0 aliphatic carbocycles. The third-order valence-electron chi connectivity index (χ3n) is 3.06. The molecule has 0 aromatic carbocycles. The van der Waals surface area contributed by atoms with Gasteiger partial charge in [0, 0.05) is 13.5 Å². The minimum absolute atomic E-state index is 0.0398. The minimum atomic E-state index is -0.666. The molecule has 1 aliphatic heterocycles. The number of carbonyl (C=O) groups is 2. The summed E-state index contributed by atoms with van der Waals surface area (Å²) in [6, 6.07) is 0. The molecule has 4 nitrogen and oxygen atoms in total. The van der Waals surface area contributed by atoms with Crippen LogP contribution in [0.4, 0.5) is 0 Å². The van der Waals surface area contributed by atoms with Crippen molar-refractivity contribution in [2.24, 2.45) is 5.92 Å². The number of carbonyl (C=O) groups excluding carboxylic acids is 2. The molecule has 0 saturated carbocycles. The highest BCUT2D eigenvalue weighted by molar-refractivity contribution is 5.92. The Balaban J connectivity index is 2.89. The van der Waals surface area contributed by atoms with E-state index >= 15 is 0 Å². The largest absolute Gasteiger partial charge is 0.354 e. The van der Waals surface area contributed by atoms with Crippen LogP contribution in [0.3, 0.4) is 0 Å². The first-order chi connectivity index (χ1) is 6.53. The molecule has 4 heteroatoms. The SMILES string of the molecule is CCC(C)C1(NC(C)=O)CCNC1=O. The monoisotopic (exact) mass is 198 g/mol. The van der Waals surface area contributed by atoms with Crippen LogP contribution in [-0.4, -0.2) is 23.9 Å². The zero-order valence-corrected chi connectivity index (χ0v) is 9.02. The maximum absolute atomic E-state index is 11.7. The van der Waals surface area contributed by atoms with Crippen LogP contribution < -0.4 is 10.6 Å². The second-order valence-corrected chi connectivity index (χ2v) is 3.97. The van der Waals surface area contributed by atoms with Crippen LogP contribution in [0.1, 0.15) is 33.6 Å². The van der Waals surface area contributed by atoms with Crippen LogP contribution in [0.15, 0.2) is 0 Å². The number of rotatable bonds is 3. The molecular weight excluding hydrogens is 180 g/mol. The van der Waals surface area contributed by atoms with Crippen LogP contribution in [0.5, 0.6) is 0 Å². The van der Waals surface area contributed by atoms with Gasteiger partial charge in [-0.25, -0.2) is 0 Å². The first kappa shape index (κ1) is 11.0. The van der Waals surface area contributed by atoms with E-state index in [4.69, 9.17) is 0 Å². The molecule has 0 bridgehead atoms. The van der Waals surface area contributed by atoms with Gasteiger partial charge in [-0.15, -0.1) is 0 Å². The fourth-order valence-electron chi connectivity index (χ4n) is 2.02. The van der Waals surface area contributed by atoms with Gasteiger partial charge in [0.1, 0.15) is 5.54 Å².